The van der Waals surface area contributed by atoms with Crippen molar-refractivity contribution in [3.8, 4) is 0 Å². The quantitative estimate of drug-likeness (QED) is 0.803. The topological polar surface area (TPSA) is 12.0 Å². The zero-order valence-corrected chi connectivity index (χ0v) is 11.1. The van der Waals surface area contributed by atoms with Gasteiger partial charge in [-0.25, -0.2) is 0 Å². The van der Waals surface area contributed by atoms with Crippen molar-refractivity contribution in [3.05, 3.63) is 34.9 Å². The largest absolute Gasteiger partial charge is 0.309 e. The van der Waals surface area contributed by atoms with Gasteiger partial charge >= 0.3 is 0 Å². The Labute approximate surface area is 103 Å². The van der Waals surface area contributed by atoms with Crippen molar-refractivity contribution in [3.63, 3.8) is 0 Å². The molecule has 0 fully saturated rings. The standard InChI is InChI=1S/C14H21NS/c1-11-6-7-12-4-3-5-14(13(12)10-11)15-8-9-16-2/h6-7,10,14-15H,3-5,8-9H2,1-2H3. The Morgan fingerprint density at radius 3 is 3.12 bits per heavy atom. The number of rotatable bonds is 4. The lowest BCUT2D eigenvalue weighted by Gasteiger charge is -2.27. The highest BCUT2D eigenvalue weighted by atomic mass is 32.2. The SMILES string of the molecule is CSCCNC1CCCc2ccc(C)cc21. The van der Waals surface area contributed by atoms with Gasteiger partial charge in [-0.05, 0) is 43.6 Å². The molecule has 1 aliphatic carbocycles. The van der Waals surface area contributed by atoms with Crippen LogP contribution in [0.5, 0.6) is 0 Å². The lowest BCUT2D eigenvalue weighted by Crippen LogP contribution is -2.27. The summed E-state index contributed by atoms with van der Waals surface area (Å²) in [5.74, 6) is 1.21. The van der Waals surface area contributed by atoms with Crippen molar-refractivity contribution in [2.45, 2.75) is 32.2 Å². The molecule has 0 radical (unpaired) electrons. The Morgan fingerprint density at radius 2 is 2.31 bits per heavy atom. The van der Waals surface area contributed by atoms with E-state index in [-0.39, 0.29) is 0 Å². The van der Waals surface area contributed by atoms with Crippen molar-refractivity contribution >= 4 is 11.8 Å². The summed E-state index contributed by atoms with van der Waals surface area (Å²) in [6.45, 7) is 3.31. The summed E-state index contributed by atoms with van der Waals surface area (Å²) in [7, 11) is 0. The molecule has 0 saturated heterocycles. The second kappa shape index (κ2) is 5.74. The first-order valence-electron chi connectivity index (χ1n) is 6.13. The number of benzene rings is 1. The van der Waals surface area contributed by atoms with E-state index in [0.29, 0.717) is 6.04 Å². The van der Waals surface area contributed by atoms with Crippen LogP contribution in [0.4, 0.5) is 0 Å². The molecule has 0 saturated carbocycles. The zero-order valence-electron chi connectivity index (χ0n) is 10.3. The van der Waals surface area contributed by atoms with Gasteiger partial charge < -0.3 is 5.32 Å². The van der Waals surface area contributed by atoms with Crippen LogP contribution in [-0.4, -0.2) is 18.6 Å². The minimum atomic E-state index is 0.593. The fraction of sp³-hybridized carbons (Fsp3) is 0.571. The first-order chi connectivity index (χ1) is 7.81. The Bertz CT molecular complexity index is 349. The lowest BCUT2D eigenvalue weighted by molar-refractivity contribution is 0.473. The molecule has 1 nitrogen and oxygen atoms in total. The maximum Gasteiger partial charge on any atom is 0.0323 e. The molecule has 2 rings (SSSR count). The molecule has 0 amide bonds. The number of thioether (sulfide) groups is 1. The maximum atomic E-state index is 3.69. The van der Waals surface area contributed by atoms with Crippen LogP contribution in [0.25, 0.3) is 0 Å². The van der Waals surface area contributed by atoms with Gasteiger partial charge in [-0.15, -0.1) is 0 Å². The van der Waals surface area contributed by atoms with Crippen LogP contribution in [-0.2, 0) is 6.42 Å². The Kier molecular flexibility index (Phi) is 4.30. The average Bonchev–Trinajstić information content (AvgIpc) is 2.30. The fourth-order valence-electron chi connectivity index (χ4n) is 2.47. The van der Waals surface area contributed by atoms with Gasteiger partial charge in [0.1, 0.15) is 0 Å². The van der Waals surface area contributed by atoms with E-state index in [1.165, 1.54) is 30.6 Å². The highest BCUT2D eigenvalue weighted by Crippen LogP contribution is 2.30. The molecule has 0 heterocycles. The molecule has 1 aromatic rings. The van der Waals surface area contributed by atoms with Gasteiger partial charge in [0, 0.05) is 18.3 Å². The van der Waals surface area contributed by atoms with E-state index in [9.17, 15) is 0 Å². The molecule has 88 valence electrons. The lowest BCUT2D eigenvalue weighted by atomic mass is 9.87. The number of fused-ring (bicyclic) bond motifs is 1. The Morgan fingerprint density at radius 1 is 1.44 bits per heavy atom. The first kappa shape index (κ1) is 12.0. The third-order valence-electron chi connectivity index (χ3n) is 3.31. The third-order valence-corrected chi connectivity index (χ3v) is 3.92. The van der Waals surface area contributed by atoms with Gasteiger partial charge in [0.05, 0.1) is 0 Å². The van der Waals surface area contributed by atoms with Crippen LogP contribution < -0.4 is 5.32 Å². The predicted molar refractivity (Wildman–Crippen MR) is 73.2 cm³/mol. The van der Waals surface area contributed by atoms with Crippen molar-refractivity contribution in [2.75, 3.05) is 18.6 Å². The highest BCUT2D eigenvalue weighted by molar-refractivity contribution is 7.98. The Balaban J connectivity index is 2.09. The summed E-state index contributed by atoms with van der Waals surface area (Å²) in [6, 6.07) is 7.51. The van der Waals surface area contributed by atoms with Crippen molar-refractivity contribution in [2.24, 2.45) is 0 Å². The fourth-order valence-corrected chi connectivity index (χ4v) is 2.79. The van der Waals surface area contributed by atoms with Crippen molar-refractivity contribution in [1.29, 1.82) is 0 Å². The second-order valence-electron chi connectivity index (χ2n) is 4.59. The summed E-state index contributed by atoms with van der Waals surface area (Å²) >= 11 is 1.91. The molecule has 16 heavy (non-hydrogen) atoms. The van der Waals surface area contributed by atoms with Gasteiger partial charge in [-0.2, -0.15) is 11.8 Å². The van der Waals surface area contributed by atoms with Gasteiger partial charge in [-0.3, -0.25) is 0 Å². The van der Waals surface area contributed by atoms with Gasteiger partial charge in [0.15, 0.2) is 0 Å². The van der Waals surface area contributed by atoms with E-state index < -0.39 is 0 Å². The first-order valence-corrected chi connectivity index (χ1v) is 7.52. The monoisotopic (exact) mass is 235 g/mol. The van der Waals surface area contributed by atoms with Gasteiger partial charge in [0.2, 0.25) is 0 Å². The van der Waals surface area contributed by atoms with E-state index in [4.69, 9.17) is 0 Å². The molecule has 0 aliphatic heterocycles. The highest BCUT2D eigenvalue weighted by Gasteiger charge is 2.19. The molecular weight excluding hydrogens is 214 g/mol. The zero-order chi connectivity index (χ0) is 11.4. The smallest absolute Gasteiger partial charge is 0.0323 e. The number of hydrogen-bond donors (Lipinski definition) is 1. The molecule has 1 unspecified atom stereocenters. The average molecular weight is 235 g/mol. The molecule has 2 heteroatoms. The number of aryl methyl sites for hydroxylation is 2. The summed E-state index contributed by atoms with van der Waals surface area (Å²) in [5, 5.41) is 3.69. The molecule has 1 N–H and O–H groups in total. The van der Waals surface area contributed by atoms with Crippen LogP contribution in [0.15, 0.2) is 18.2 Å². The summed E-state index contributed by atoms with van der Waals surface area (Å²) in [6.07, 6.45) is 6.05. The van der Waals surface area contributed by atoms with E-state index in [2.05, 4.69) is 36.7 Å². The molecule has 1 aliphatic rings. The predicted octanol–water partition coefficient (Wildman–Crippen LogP) is 3.33. The Hall–Kier alpha value is -0.470. The summed E-state index contributed by atoms with van der Waals surface area (Å²) in [4.78, 5) is 0. The van der Waals surface area contributed by atoms with Crippen molar-refractivity contribution in [1.82, 2.24) is 5.32 Å². The number of nitrogens with one attached hydrogen (secondary N) is 1. The normalized spacial score (nSPS) is 19.5. The van der Waals surface area contributed by atoms with Crippen LogP contribution in [0.2, 0.25) is 0 Å². The molecule has 0 aromatic heterocycles. The third kappa shape index (κ3) is 2.80. The number of hydrogen-bond acceptors (Lipinski definition) is 2. The second-order valence-corrected chi connectivity index (χ2v) is 5.58. The van der Waals surface area contributed by atoms with Gasteiger partial charge in [0.25, 0.3) is 0 Å². The molecule has 1 atom stereocenters. The van der Waals surface area contributed by atoms with Crippen molar-refractivity contribution < 1.29 is 0 Å². The van der Waals surface area contributed by atoms with Crippen LogP contribution in [0.3, 0.4) is 0 Å². The van der Waals surface area contributed by atoms with E-state index in [1.54, 1.807) is 11.1 Å². The van der Waals surface area contributed by atoms with E-state index in [1.807, 2.05) is 11.8 Å². The molecular formula is C14H21NS. The van der Waals surface area contributed by atoms with Crippen LogP contribution in [0.1, 0.15) is 35.6 Å². The van der Waals surface area contributed by atoms with E-state index >= 15 is 0 Å². The molecule has 0 spiro atoms. The maximum absolute atomic E-state index is 3.69. The summed E-state index contributed by atoms with van der Waals surface area (Å²) < 4.78 is 0. The van der Waals surface area contributed by atoms with Crippen LogP contribution in [0, 0.1) is 6.92 Å². The minimum absolute atomic E-state index is 0.593. The molecule has 0 bridgehead atoms. The molecule has 1 aromatic carbocycles. The summed E-state index contributed by atoms with van der Waals surface area (Å²) in [5.41, 5.74) is 4.49. The van der Waals surface area contributed by atoms with E-state index in [0.717, 1.165) is 6.54 Å². The minimum Gasteiger partial charge on any atom is -0.309 e. The van der Waals surface area contributed by atoms with Gasteiger partial charge in [-0.1, -0.05) is 23.8 Å². The van der Waals surface area contributed by atoms with Crippen LogP contribution >= 0.6 is 11.8 Å².